The third kappa shape index (κ3) is 2.60. The SMILES string of the molecule is NNC(C1=CCCCC1)C1COc2ccccc2O1. The Morgan fingerprint density at radius 1 is 1.21 bits per heavy atom. The smallest absolute Gasteiger partial charge is 0.161 e. The number of nitrogens with one attached hydrogen (secondary N) is 1. The lowest BCUT2D eigenvalue weighted by molar-refractivity contribution is 0.0698. The molecule has 0 saturated carbocycles. The highest BCUT2D eigenvalue weighted by molar-refractivity contribution is 5.41. The Balaban J connectivity index is 1.77. The summed E-state index contributed by atoms with van der Waals surface area (Å²) < 4.78 is 11.8. The molecule has 1 aromatic carbocycles. The van der Waals surface area contributed by atoms with Crippen molar-refractivity contribution in [3.8, 4) is 11.5 Å². The Hall–Kier alpha value is -1.52. The van der Waals surface area contributed by atoms with Crippen LogP contribution in [0.3, 0.4) is 0 Å². The summed E-state index contributed by atoms with van der Waals surface area (Å²) in [5.41, 5.74) is 4.25. The predicted molar refractivity (Wildman–Crippen MR) is 74.0 cm³/mol. The van der Waals surface area contributed by atoms with Crippen LogP contribution in [0.15, 0.2) is 35.9 Å². The van der Waals surface area contributed by atoms with Gasteiger partial charge in [0.05, 0.1) is 6.04 Å². The minimum absolute atomic E-state index is 0.0358. The van der Waals surface area contributed by atoms with E-state index in [1.54, 1.807) is 0 Å². The van der Waals surface area contributed by atoms with Gasteiger partial charge in [-0.1, -0.05) is 23.8 Å². The lowest BCUT2D eigenvalue weighted by Crippen LogP contribution is -2.51. The molecule has 4 heteroatoms. The fourth-order valence-electron chi connectivity index (χ4n) is 2.80. The van der Waals surface area contributed by atoms with Gasteiger partial charge in [-0.25, -0.2) is 5.43 Å². The van der Waals surface area contributed by atoms with Crippen LogP contribution in [0.2, 0.25) is 0 Å². The Kier molecular flexibility index (Phi) is 3.71. The molecule has 1 aliphatic carbocycles. The number of para-hydroxylation sites is 2. The number of nitrogens with two attached hydrogens (primary N) is 1. The molecule has 2 atom stereocenters. The fraction of sp³-hybridized carbons (Fsp3) is 0.467. The molecular formula is C15H20N2O2. The third-order valence-electron chi connectivity index (χ3n) is 3.81. The van der Waals surface area contributed by atoms with Gasteiger partial charge in [0.1, 0.15) is 6.61 Å². The van der Waals surface area contributed by atoms with Crippen LogP contribution in [0.25, 0.3) is 0 Å². The molecular weight excluding hydrogens is 240 g/mol. The van der Waals surface area contributed by atoms with Gasteiger partial charge in [0.15, 0.2) is 17.6 Å². The summed E-state index contributed by atoms with van der Waals surface area (Å²) in [5, 5.41) is 0. The number of hydrazine groups is 1. The molecule has 0 saturated heterocycles. The molecule has 19 heavy (non-hydrogen) atoms. The van der Waals surface area contributed by atoms with Crippen LogP contribution in [-0.2, 0) is 0 Å². The van der Waals surface area contributed by atoms with E-state index < -0.39 is 0 Å². The third-order valence-corrected chi connectivity index (χ3v) is 3.81. The number of rotatable bonds is 3. The van der Waals surface area contributed by atoms with E-state index in [2.05, 4.69) is 11.5 Å². The fourth-order valence-corrected chi connectivity index (χ4v) is 2.80. The van der Waals surface area contributed by atoms with E-state index >= 15 is 0 Å². The molecule has 1 heterocycles. The van der Waals surface area contributed by atoms with Crippen molar-refractivity contribution in [2.45, 2.75) is 37.8 Å². The van der Waals surface area contributed by atoms with E-state index in [0.29, 0.717) is 6.61 Å². The van der Waals surface area contributed by atoms with Gasteiger partial charge in [-0.2, -0.15) is 0 Å². The second-order valence-corrected chi connectivity index (χ2v) is 5.08. The minimum atomic E-state index is -0.0655. The summed E-state index contributed by atoms with van der Waals surface area (Å²) in [7, 11) is 0. The first-order valence-corrected chi connectivity index (χ1v) is 6.92. The van der Waals surface area contributed by atoms with E-state index in [1.165, 1.54) is 18.4 Å². The van der Waals surface area contributed by atoms with Crippen molar-refractivity contribution in [2.75, 3.05) is 6.61 Å². The average molecular weight is 260 g/mol. The van der Waals surface area contributed by atoms with E-state index in [-0.39, 0.29) is 12.1 Å². The van der Waals surface area contributed by atoms with Gasteiger partial charge in [0.25, 0.3) is 0 Å². The molecule has 0 aromatic heterocycles. The Morgan fingerprint density at radius 2 is 2.05 bits per heavy atom. The maximum Gasteiger partial charge on any atom is 0.161 e. The quantitative estimate of drug-likeness (QED) is 0.497. The van der Waals surface area contributed by atoms with Gasteiger partial charge in [-0.3, -0.25) is 5.84 Å². The van der Waals surface area contributed by atoms with Crippen LogP contribution in [0, 0.1) is 0 Å². The van der Waals surface area contributed by atoms with Crippen molar-refractivity contribution in [2.24, 2.45) is 5.84 Å². The average Bonchev–Trinajstić information content (AvgIpc) is 2.49. The second-order valence-electron chi connectivity index (χ2n) is 5.08. The molecule has 1 aliphatic heterocycles. The summed E-state index contributed by atoms with van der Waals surface area (Å²) in [6.45, 7) is 0.531. The molecule has 2 aliphatic rings. The lowest BCUT2D eigenvalue weighted by Gasteiger charge is -2.34. The molecule has 2 unspecified atom stereocenters. The molecule has 102 valence electrons. The van der Waals surface area contributed by atoms with Crippen molar-refractivity contribution in [1.29, 1.82) is 0 Å². The van der Waals surface area contributed by atoms with Crippen molar-refractivity contribution >= 4 is 0 Å². The molecule has 0 spiro atoms. The lowest BCUT2D eigenvalue weighted by atomic mass is 9.91. The van der Waals surface area contributed by atoms with E-state index in [4.69, 9.17) is 15.3 Å². The predicted octanol–water partition coefficient (Wildman–Crippen LogP) is 2.16. The monoisotopic (exact) mass is 260 g/mol. The normalized spacial score (nSPS) is 23.6. The highest BCUT2D eigenvalue weighted by Gasteiger charge is 2.30. The van der Waals surface area contributed by atoms with Gasteiger partial charge in [0.2, 0.25) is 0 Å². The zero-order valence-corrected chi connectivity index (χ0v) is 11.0. The topological polar surface area (TPSA) is 56.5 Å². The molecule has 0 amide bonds. The summed E-state index contributed by atoms with van der Waals surface area (Å²) in [4.78, 5) is 0. The van der Waals surface area contributed by atoms with Crippen LogP contribution in [0.5, 0.6) is 11.5 Å². The number of benzene rings is 1. The molecule has 1 aromatic rings. The van der Waals surface area contributed by atoms with Crippen LogP contribution in [-0.4, -0.2) is 18.8 Å². The summed E-state index contributed by atoms with van der Waals surface area (Å²) in [5.74, 6) is 7.34. The van der Waals surface area contributed by atoms with Gasteiger partial charge in [-0.05, 0) is 37.8 Å². The van der Waals surface area contributed by atoms with Crippen molar-refractivity contribution in [3.05, 3.63) is 35.9 Å². The zero-order valence-electron chi connectivity index (χ0n) is 11.0. The first-order chi connectivity index (χ1) is 9.38. The number of allylic oxidation sites excluding steroid dienone is 1. The Bertz CT molecular complexity index is 473. The number of ether oxygens (including phenoxy) is 2. The first kappa shape index (κ1) is 12.5. The van der Waals surface area contributed by atoms with E-state index in [1.807, 2.05) is 24.3 Å². The maximum atomic E-state index is 6.03. The summed E-state index contributed by atoms with van der Waals surface area (Å²) in [6, 6.07) is 7.80. The molecule has 3 rings (SSSR count). The highest BCUT2D eigenvalue weighted by atomic mass is 16.6. The Labute approximate surface area is 113 Å². The standard InChI is InChI=1S/C15H20N2O2/c16-17-15(11-6-2-1-3-7-11)14-10-18-12-8-4-5-9-13(12)19-14/h4-6,8-9,14-15,17H,1-3,7,10,16H2. The highest BCUT2D eigenvalue weighted by Crippen LogP contribution is 2.33. The number of hydrogen-bond acceptors (Lipinski definition) is 4. The van der Waals surface area contributed by atoms with Gasteiger partial charge in [0, 0.05) is 0 Å². The van der Waals surface area contributed by atoms with Crippen molar-refractivity contribution in [1.82, 2.24) is 5.43 Å². The zero-order chi connectivity index (χ0) is 13.1. The minimum Gasteiger partial charge on any atom is -0.486 e. The van der Waals surface area contributed by atoms with Crippen molar-refractivity contribution in [3.63, 3.8) is 0 Å². The molecule has 0 radical (unpaired) electrons. The molecule has 0 fully saturated rings. The largest absolute Gasteiger partial charge is 0.486 e. The van der Waals surface area contributed by atoms with Gasteiger partial charge < -0.3 is 9.47 Å². The Morgan fingerprint density at radius 3 is 2.79 bits per heavy atom. The molecule has 3 N–H and O–H groups in total. The van der Waals surface area contributed by atoms with Crippen LogP contribution >= 0.6 is 0 Å². The van der Waals surface area contributed by atoms with E-state index in [9.17, 15) is 0 Å². The van der Waals surface area contributed by atoms with Gasteiger partial charge >= 0.3 is 0 Å². The molecule has 4 nitrogen and oxygen atoms in total. The first-order valence-electron chi connectivity index (χ1n) is 6.92. The van der Waals surface area contributed by atoms with Crippen molar-refractivity contribution < 1.29 is 9.47 Å². The van der Waals surface area contributed by atoms with Gasteiger partial charge in [-0.15, -0.1) is 0 Å². The molecule has 0 bridgehead atoms. The maximum absolute atomic E-state index is 6.03. The summed E-state index contributed by atoms with van der Waals surface area (Å²) in [6.07, 6.45) is 6.95. The number of hydrogen-bond donors (Lipinski definition) is 2. The van der Waals surface area contributed by atoms with E-state index in [0.717, 1.165) is 24.3 Å². The van der Waals surface area contributed by atoms with Crippen LogP contribution in [0.1, 0.15) is 25.7 Å². The summed E-state index contributed by atoms with van der Waals surface area (Å²) >= 11 is 0. The number of fused-ring (bicyclic) bond motifs is 1. The van der Waals surface area contributed by atoms with Crippen LogP contribution < -0.4 is 20.7 Å². The van der Waals surface area contributed by atoms with Crippen LogP contribution in [0.4, 0.5) is 0 Å². The second kappa shape index (κ2) is 5.63.